The van der Waals surface area contributed by atoms with Gasteiger partial charge in [0.25, 0.3) is 0 Å². The van der Waals surface area contributed by atoms with E-state index in [0.717, 1.165) is 42.4 Å². The van der Waals surface area contributed by atoms with E-state index in [4.69, 9.17) is 0 Å². The third kappa shape index (κ3) is 1.90. The van der Waals surface area contributed by atoms with Crippen LogP contribution >= 0.6 is 11.3 Å². The van der Waals surface area contributed by atoms with E-state index in [9.17, 15) is 10.2 Å². The van der Waals surface area contributed by atoms with Crippen LogP contribution in [0.15, 0.2) is 11.6 Å². The van der Waals surface area contributed by atoms with Gasteiger partial charge in [0.15, 0.2) is 10.8 Å². The molecule has 0 unspecified atom stereocenters. The van der Waals surface area contributed by atoms with Crippen molar-refractivity contribution in [3.05, 3.63) is 17.3 Å². The first-order valence-corrected chi connectivity index (χ1v) is 7.01. The van der Waals surface area contributed by atoms with Crippen LogP contribution in [0.5, 0.6) is 0 Å². The molecule has 0 bridgehead atoms. The molecule has 2 aromatic rings. The number of fused-ring (bicyclic) bond motifs is 1. The molecule has 1 saturated heterocycles. The van der Waals surface area contributed by atoms with Gasteiger partial charge in [-0.3, -0.25) is 4.40 Å². The highest BCUT2D eigenvalue weighted by Crippen LogP contribution is 2.29. The number of hydrogen-bond acceptors (Lipinski definition) is 5. The lowest BCUT2D eigenvalue weighted by Gasteiger charge is -2.36. The van der Waals surface area contributed by atoms with Crippen LogP contribution in [0.4, 0.5) is 5.82 Å². The average Bonchev–Trinajstić information content (AvgIpc) is 2.88. The van der Waals surface area contributed by atoms with Gasteiger partial charge < -0.3 is 15.1 Å². The number of aromatic nitrogens is 2. The molecule has 6 heteroatoms. The SMILES string of the molecule is CC1(O)CCN(c2nc3sccn3c2CO)CC1. The molecule has 1 fully saturated rings. The van der Waals surface area contributed by atoms with Crippen LogP contribution in [0.2, 0.25) is 0 Å². The molecule has 0 radical (unpaired) electrons. The minimum atomic E-state index is -0.563. The molecule has 0 saturated carbocycles. The van der Waals surface area contributed by atoms with E-state index in [0.29, 0.717) is 0 Å². The molecule has 0 spiro atoms. The summed E-state index contributed by atoms with van der Waals surface area (Å²) in [6, 6.07) is 0. The van der Waals surface area contributed by atoms with Crippen LogP contribution in [-0.4, -0.2) is 38.3 Å². The molecule has 0 aliphatic carbocycles. The topological polar surface area (TPSA) is 61.0 Å². The lowest BCUT2D eigenvalue weighted by atomic mass is 9.94. The van der Waals surface area contributed by atoms with Gasteiger partial charge in [-0.05, 0) is 19.8 Å². The van der Waals surface area contributed by atoms with Crippen molar-refractivity contribution in [3.8, 4) is 0 Å². The maximum Gasteiger partial charge on any atom is 0.195 e. The van der Waals surface area contributed by atoms with Crippen LogP contribution in [-0.2, 0) is 6.61 Å². The van der Waals surface area contributed by atoms with Crippen molar-refractivity contribution >= 4 is 22.1 Å². The van der Waals surface area contributed by atoms with Crippen LogP contribution in [0.3, 0.4) is 0 Å². The first-order chi connectivity index (χ1) is 8.61. The molecular weight excluding hydrogens is 250 g/mol. The minimum Gasteiger partial charge on any atom is -0.390 e. The van der Waals surface area contributed by atoms with Gasteiger partial charge in [0.1, 0.15) is 0 Å². The number of anilines is 1. The van der Waals surface area contributed by atoms with Crippen molar-refractivity contribution in [2.75, 3.05) is 18.0 Å². The standard InChI is InChI=1S/C12H17N3O2S/c1-12(17)2-4-14(5-3-12)10-9(8-16)15-6-7-18-11(15)13-10/h6-7,16-17H,2-5,8H2,1H3. The third-order valence-electron chi connectivity index (χ3n) is 3.63. The van der Waals surface area contributed by atoms with Gasteiger partial charge >= 0.3 is 0 Å². The van der Waals surface area contributed by atoms with Crippen molar-refractivity contribution in [1.82, 2.24) is 9.38 Å². The Morgan fingerprint density at radius 3 is 2.83 bits per heavy atom. The molecule has 0 atom stereocenters. The predicted octanol–water partition coefficient (Wildman–Crippen LogP) is 1.24. The van der Waals surface area contributed by atoms with Gasteiger partial charge in [-0.1, -0.05) is 0 Å². The average molecular weight is 267 g/mol. The molecule has 0 amide bonds. The number of thiazole rings is 1. The second-order valence-electron chi connectivity index (χ2n) is 5.08. The summed E-state index contributed by atoms with van der Waals surface area (Å²) >= 11 is 1.57. The Hall–Kier alpha value is -1.11. The summed E-state index contributed by atoms with van der Waals surface area (Å²) in [5, 5.41) is 21.5. The highest BCUT2D eigenvalue weighted by molar-refractivity contribution is 7.15. The molecule has 98 valence electrons. The van der Waals surface area contributed by atoms with Crippen LogP contribution in [0, 0.1) is 0 Å². The van der Waals surface area contributed by atoms with E-state index in [1.54, 1.807) is 11.3 Å². The molecule has 0 aromatic carbocycles. The molecular formula is C12H17N3O2S. The summed E-state index contributed by atoms with van der Waals surface area (Å²) < 4.78 is 1.94. The molecule has 3 heterocycles. The second kappa shape index (κ2) is 4.22. The van der Waals surface area contributed by atoms with Gasteiger partial charge in [-0.2, -0.15) is 0 Å². The number of aliphatic hydroxyl groups is 2. The molecule has 18 heavy (non-hydrogen) atoms. The van der Waals surface area contributed by atoms with Gasteiger partial charge in [0, 0.05) is 24.7 Å². The normalized spacial score (nSPS) is 19.6. The van der Waals surface area contributed by atoms with Gasteiger partial charge in [0.05, 0.1) is 17.9 Å². The maximum absolute atomic E-state index is 9.97. The Labute approximate surface area is 109 Å². The lowest BCUT2D eigenvalue weighted by molar-refractivity contribution is 0.0350. The van der Waals surface area contributed by atoms with Crippen molar-refractivity contribution in [1.29, 1.82) is 0 Å². The van der Waals surface area contributed by atoms with Crippen molar-refractivity contribution in [2.45, 2.75) is 32.0 Å². The van der Waals surface area contributed by atoms with Crippen LogP contribution in [0.1, 0.15) is 25.5 Å². The molecule has 1 aliphatic rings. The van der Waals surface area contributed by atoms with Gasteiger partial charge in [0.2, 0.25) is 0 Å². The maximum atomic E-state index is 9.97. The Morgan fingerprint density at radius 1 is 1.44 bits per heavy atom. The summed E-state index contributed by atoms with van der Waals surface area (Å²) in [5.41, 5.74) is 0.278. The van der Waals surface area contributed by atoms with Crippen LogP contribution in [0.25, 0.3) is 4.96 Å². The first kappa shape index (κ1) is 12.0. The van der Waals surface area contributed by atoms with Crippen LogP contribution < -0.4 is 4.90 Å². The first-order valence-electron chi connectivity index (χ1n) is 6.13. The smallest absolute Gasteiger partial charge is 0.195 e. The van der Waals surface area contributed by atoms with E-state index in [1.807, 2.05) is 22.9 Å². The van der Waals surface area contributed by atoms with Crippen molar-refractivity contribution in [3.63, 3.8) is 0 Å². The second-order valence-corrected chi connectivity index (χ2v) is 5.95. The van der Waals surface area contributed by atoms with E-state index >= 15 is 0 Å². The Balaban J connectivity index is 1.92. The fraction of sp³-hybridized carbons (Fsp3) is 0.583. The molecule has 3 rings (SSSR count). The quantitative estimate of drug-likeness (QED) is 0.859. The van der Waals surface area contributed by atoms with Crippen molar-refractivity contribution in [2.24, 2.45) is 0 Å². The van der Waals surface area contributed by atoms with E-state index in [-0.39, 0.29) is 6.61 Å². The van der Waals surface area contributed by atoms with E-state index in [1.165, 1.54) is 0 Å². The summed E-state index contributed by atoms with van der Waals surface area (Å²) in [4.78, 5) is 7.65. The monoisotopic (exact) mass is 267 g/mol. The summed E-state index contributed by atoms with van der Waals surface area (Å²) in [7, 11) is 0. The summed E-state index contributed by atoms with van der Waals surface area (Å²) in [6.07, 6.45) is 3.41. The number of nitrogens with zero attached hydrogens (tertiary/aromatic N) is 3. The zero-order valence-corrected chi connectivity index (χ0v) is 11.2. The Kier molecular flexibility index (Phi) is 2.80. The molecule has 1 aliphatic heterocycles. The van der Waals surface area contributed by atoms with E-state index < -0.39 is 5.60 Å². The fourth-order valence-electron chi connectivity index (χ4n) is 2.42. The van der Waals surface area contributed by atoms with Crippen molar-refractivity contribution < 1.29 is 10.2 Å². The Bertz CT molecular complexity index is 551. The van der Waals surface area contributed by atoms with Gasteiger partial charge in [-0.25, -0.2) is 4.98 Å². The number of aliphatic hydroxyl groups excluding tert-OH is 1. The molecule has 2 aromatic heterocycles. The largest absolute Gasteiger partial charge is 0.390 e. The number of hydrogen-bond donors (Lipinski definition) is 2. The number of rotatable bonds is 2. The Morgan fingerprint density at radius 2 is 2.17 bits per heavy atom. The van der Waals surface area contributed by atoms with E-state index in [2.05, 4.69) is 9.88 Å². The minimum absolute atomic E-state index is 0.0138. The highest BCUT2D eigenvalue weighted by atomic mass is 32.1. The zero-order valence-electron chi connectivity index (χ0n) is 10.3. The number of imidazole rings is 1. The lowest BCUT2D eigenvalue weighted by Crippen LogP contribution is -2.43. The molecule has 2 N–H and O–H groups in total. The van der Waals surface area contributed by atoms with Gasteiger partial charge in [-0.15, -0.1) is 11.3 Å². The summed E-state index contributed by atoms with van der Waals surface area (Å²) in [5.74, 6) is 0.861. The summed E-state index contributed by atoms with van der Waals surface area (Å²) in [6.45, 7) is 3.43. The highest BCUT2D eigenvalue weighted by Gasteiger charge is 2.29. The fourth-order valence-corrected chi connectivity index (χ4v) is 3.15. The zero-order chi connectivity index (χ0) is 12.8. The predicted molar refractivity (Wildman–Crippen MR) is 71.1 cm³/mol. The third-order valence-corrected chi connectivity index (χ3v) is 4.39. The molecule has 5 nitrogen and oxygen atoms in total. The number of piperidine rings is 1.